The maximum Gasteiger partial charge on any atom is 0.224 e. The van der Waals surface area contributed by atoms with E-state index in [9.17, 15) is 5.11 Å². The fraction of sp³-hybridized carbons (Fsp3) is 0.407. The zero-order valence-electron chi connectivity index (χ0n) is 20.6. The first-order valence-corrected chi connectivity index (χ1v) is 13.7. The molecule has 1 aliphatic heterocycles. The van der Waals surface area contributed by atoms with Gasteiger partial charge < -0.3 is 20.5 Å². The number of hydrogen-bond donors (Lipinski definition) is 3. The Labute approximate surface area is 220 Å². The van der Waals surface area contributed by atoms with Crippen molar-refractivity contribution in [2.45, 2.75) is 44.4 Å². The third kappa shape index (κ3) is 6.04. The second-order valence-corrected chi connectivity index (χ2v) is 10.7. The molecule has 1 saturated carbocycles. The molecule has 2 fully saturated rings. The van der Waals surface area contributed by atoms with E-state index < -0.39 is 0 Å². The van der Waals surface area contributed by atoms with Gasteiger partial charge in [0.2, 0.25) is 5.95 Å². The SMILES string of the molecule is OC1CCC(Nc2nccc(Nc3nc4ccc(-c5cncc(CN6CCOCC6)c5)cc4s3)n2)CC1. The Morgan fingerprint density at radius 3 is 2.73 bits per heavy atom. The number of nitrogens with zero attached hydrogens (tertiary/aromatic N) is 5. The largest absolute Gasteiger partial charge is 0.393 e. The standard InChI is InChI=1S/C27H31N7O2S/c35-22-4-2-21(3-5-22)30-26-29-8-7-25(32-26)33-27-31-23-6-1-19(14-24(23)37-27)20-13-18(15-28-16-20)17-34-9-11-36-12-10-34/h1,6-8,13-16,21-22,35H,2-5,9-12,17H2,(H2,29,30,31,32,33). The number of fused-ring (bicyclic) bond motifs is 1. The maximum absolute atomic E-state index is 9.73. The molecular formula is C27H31N7O2S. The van der Waals surface area contributed by atoms with E-state index in [1.54, 1.807) is 17.5 Å². The summed E-state index contributed by atoms with van der Waals surface area (Å²) in [6.07, 6.45) is 8.93. The molecule has 1 aliphatic carbocycles. The summed E-state index contributed by atoms with van der Waals surface area (Å²) < 4.78 is 6.57. The number of aliphatic hydroxyl groups excluding tert-OH is 1. The summed E-state index contributed by atoms with van der Waals surface area (Å²) >= 11 is 1.60. The van der Waals surface area contributed by atoms with E-state index in [1.165, 1.54) is 5.56 Å². The zero-order chi connectivity index (χ0) is 25.0. The lowest BCUT2D eigenvalue weighted by Crippen LogP contribution is -2.35. The minimum atomic E-state index is -0.179. The van der Waals surface area contributed by atoms with Crippen LogP contribution in [-0.4, -0.2) is 68.4 Å². The number of hydrogen-bond acceptors (Lipinski definition) is 10. The van der Waals surface area contributed by atoms with Crippen LogP contribution >= 0.6 is 11.3 Å². The van der Waals surface area contributed by atoms with E-state index in [2.05, 4.69) is 54.8 Å². The fourth-order valence-electron chi connectivity index (χ4n) is 4.92. The van der Waals surface area contributed by atoms with Crippen LogP contribution in [0.1, 0.15) is 31.2 Å². The van der Waals surface area contributed by atoms with Crippen LogP contribution < -0.4 is 10.6 Å². The molecule has 3 aromatic heterocycles. The zero-order valence-corrected chi connectivity index (χ0v) is 21.5. The maximum atomic E-state index is 9.73. The average molecular weight is 518 g/mol. The van der Waals surface area contributed by atoms with Gasteiger partial charge in [-0.15, -0.1) is 0 Å². The summed E-state index contributed by atoms with van der Waals surface area (Å²) in [5.74, 6) is 1.30. The number of pyridine rings is 1. The molecule has 6 rings (SSSR count). The highest BCUT2D eigenvalue weighted by atomic mass is 32.1. The molecule has 10 heteroatoms. The van der Waals surface area contributed by atoms with E-state index in [1.807, 2.05) is 18.5 Å². The lowest BCUT2D eigenvalue weighted by atomic mass is 9.93. The Balaban J connectivity index is 1.15. The van der Waals surface area contributed by atoms with Gasteiger partial charge >= 0.3 is 0 Å². The summed E-state index contributed by atoms with van der Waals surface area (Å²) in [6.45, 7) is 4.40. The number of anilines is 3. The van der Waals surface area contributed by atoms with Gasteiger partial charge in [-0.05, 0) is 61.1 Å². The van der Waals surface area contributed by atoms with Gasteiger partial charge in [0, 0.05) is 49.8 Å². The molecule has 0 bridgehead atoms. The highest BCUT2D eigenvalue weighted by Gasteiger charge is 2.20. The molecule has 1 saturated heterocycles. The first kappa shape index (κ1) is 24.2. The number of rotatable bonds is 7. The van der Waals surface area contributed by atoms with Gasteiger partial charge in [-0.25, -0.2) is 9.97 Å². The van der Waals surface area contributed by atoms with Crippen LogP contribution in [0.2, 0.25) is 0 Å². The van der Waals surface area contributed by atoms with Gasteiger partial charge in [0.1, 0.15) is 5.82 Å². The molecule has 37 heavy (non-hydrogen) atoms. The molecule has 0 radical (unpaired) electrons. The van der Waals surface area contributed by atoms with Crippen LogP contribution in [-0.2, 0) is 11.3 Å². The number of thiazole rings is 1. The second-order valence-electron chi connectivity index (χ2n) is 9.71. The molecule has 192 valence electrons. The number of benzene rings is 1. The minimum Gasteiger partial charge on any atom is -0.393 e. The topological polar surface area (TPSA) is 108 Å². The van der Waals surface area contributed by atoms with Gasteiger partial charge in [-0.3, -0.25) is 9.88 Å². The molecular weight excluding hydrogens is 486 g/mol. The van der Waals surface area contributed by atoms with Crippen molar-refractivity contribution in [1.29, 1.82) is 0 Å². The van der Waals surface area contributed by atoms with Crippen molar-refractivity contribution in [1.82, 2.24) is 24.8 Å². The molecule has 4 aromatic rings. The molecule has 1 aromatic carbocycles. The number of aliphatic hydroxyl groups is 1. The van der Waals surface area contributed by atoms with Crippen LogP contribution in [0.5, 0.6) is 0 Å². The van der Waals surface area contributed by atoms with Crippen molar-refractivity contribution in [3.63, 3.8) is 0 Å². The number of nitrogens with one attached hydrogen (secondary N) is 2. The Morgan fingerprint density at radius 2 is 1.86 bits per heavy atom. The van der Waals surface area contributed by atoms with Gasteiger partial charge in [0.05, 0.1) is 29.5 Å². The van der Waals surface area contributed by atoms with Crippen molar-refractivity contribution in [3.05, 3.63) is 54.5 Å². The highest BCUT2D eigenvalue weighted by Crippen LogP contribution is 2.32. The van der Waals surface area contributed by atoms with Crippen molar-refractivity contribution in [2.75, 3.05) is 36.9 Å². The third-order valence-electron chi connectivity index (χ3n) is 6.95. The van der Waals surface area contributed by atoms with Crippen LogP contribution in [0, 0.1) is 0 Å². The summed E-state index contributed by atoms with van der Waals surface area (Å²) in [6, 6.07) is 10.7. The normalized spacial score (nSPS) is 20.7. The minimum absolute atomic E-state index is 0.179. The van der Waals surface area contributed by atoms with E-state index in [0.29, 0.717) is 17.8 Å². The smallest absolute Gasteiger partial charge is 0.224 e. The number of aromatic nitrogens is 4. The summed E-state index contributed by atoms with van der Waals surface area (Å²) in [5, 5.41) is 17.3. The molecule has 0 spiro atoms. The summed E-state index contributed by atoms with van der Waals surface area (Å²) in [7, 11) is 0. The highest BCUT2D eigenvalue weighted by molar-refractivity contribution is 7.22. The molecule has 0 atom stereocenters. The van der Waals surface area contributed by atoms with Crippen LogP contribution in [0.15, 0.2) is 48.9 Å². The monoisotopic (exact) mass is 517 g/mol. The van der Waals surface area contributed by atoms with Crippen LogP contribution in [0.4, 0.5) is 16.9 Å². The van der Waals surface area contributed by atoms with Gasteiger partial charge in [0.25, 0.3) is 0 Å². The Hall–Kier alpha value is -3.18. The van der Waals surface area contributed by atoms with E-state index >= 15 is 0 Å². The number of morpholine rings is 1. The van der Waals surface area contributed by atoms with Crippen LogP contribution in [0.25, 0.3) is 21.3 Å². The van der Waals surface area contributed by atoms with Crippen molar-refractivity contribution >= 4 is 38.5 Å². The Morgan fingerprint density at radius 1 is 1.00 bits per heavy atom. The van der Waals surface area contributed by atoms with Crippen molar-refractivity contribution in [2.24, 2.45) is 0 Å². The van der Waals surface area contributed by atoms with Crippen molar-refractivity contribution in [3.8, 4) is 11.1 Å². The second kappa shape index (κ2) is 11.1. The first-order chi connectivity index (χ1) is 18.2. The lowest BCUT2D eigenvalue weighted by molar-refractivity contribution is 0.0341. The van der Waals surface area contributed by atoms with Gasteiger partial charge in [-0.2, -0.15) is 4.98 Å². The summed E-state index contributed by atoms with van der Waals surface area (Å²) in [4.78, 5) is 20.7. The fourth-order valence-corrected chi connectivity index (χ4v) is 5.83. The predicted octanol–water partition coefficient (Wildman–Crippen LogP) is 4.44. The van der Waals surface area contributed by atoms with Gasteiger partial charge in [-0.1, -0.05) is 17.4 Å². The summed E-state index contributed by atoms with van der Waals surface area (Å²) in [5.41, 5.74) is 4.40. The first-order valence-electron chi connectivity index (χ1n) is 12.9. The molecule has 3 N–H and O–H groups in total. The molecule has 0 amide bonds. The van der Waals surface area contributed by atoms with Crippen molar-refractivity contribution < 1.29 is 9.84 Å². The number of ether oxygens (including phenoxy) is 1. The van der Waals surface area contributed by atoms with E-state index in [0.717, 1.165) is 85.0 Å². The molecule has 0 unspecified atom stereocenters. The molecule has 9 nitrogen and oxygen atoms in total. The Bertz CT molecular complexity index is 1350. The predicted molar refractivity (Wildman–Crippen MR) is 146 cm³/mol. The molecule has 4 heterocycles. The third-order valence-corrected chi connectivity index (χ3v) is 7.88. The Kier molecular flexibility index (Phi) is 7.22. The quantitative estimate of drug-likeness (QED) is 0.328. The molecule has 2 aliphatic rings. The van der Waals surface area contributed by atoms with Gasteiger partial charge in [0.15, 0.2) is 5.13 Å². The van der Waals surface area contributed by atoms with E-state index in [-0.39, 0.29) is 6.10 Å². The van der Waals surface area contributed by atoms with E-state index in [4.69, 9.17) is 9.72 Å². The van der Waals surface area contributed by atoms with Crippen LogP contribution in [0.3, 0.4) is 0 Å². The lowest BCUT2D eigenvalue weighted by Gasteiger charge is -2.26. The average Bonchev–Trinajstić information content (AvgIpc) is 3.32.